The summed E-state index contributed by atoms with van der Waals surface area (Å²) in [5, 5.41) is 4.92. The molecule has 0 unspecified atom stereocenters. The molecule has 0 amide bonds. The number of nitrogens with one attached hydrogen (secondary N) is 2. The highest BCUT2D eigenvalue weighted by molar-refractivity contribution is 7.80. The molecule has 0 aromatic heterocycles. The van der Waals surface area contributed by atoms with E-state index in [1.807, 2.05) is 0 Å². The van der Waals surface area contributed by atoms with Gasteiger partial charge in [-0.3, -0.25) is 0 Å². The zero-order valence-corrected chi connectivity index (χ0v) is 12.4. The van der Waals surface area contributed by atoms with Gasteiger partial charge in [0.25, 0.3) is 0 Å². The number of hydrogen-bond acceptors (Lipinski definition) is 1. The SMILES string of the molecule is Fc1cc(Cl)ccc1NC(=S)Nc1ccccc1C(F)(F)F. The maximum absolute atomic E-state index is 13.6. The van der Waals surface area contributed by atoms with Gasteiger partial charge in [0.1, 0.15) is 5.82 Å². The predicted molar refractivity (Wildman–Crippen MR) is 82.7 cm³/mol. The fourth-order valence-corrected chi connectivity index (χ4v) is 2.08. The lowest BCUT2D eigenvalue weighted by Crippen LogP contribution is -2.22. The van der Waals surface area contributed by atoms with Crippen LogP contribution >= 0.6 is 23.8 Å². The van der Waals surface area contributed by atoms with Crippen molar-refractivity contribution in [1.29, 1.82) is 0 Å². The minimum atomic E-state index is -4.52. The summed E-state index contributed by atoms with van der Waals surface area (Å²) >= 11 is 10.5. The largest absolute Gasteiger partial charge is 0.418 e. The van der Waals surface area contributed by atoms with E-state index in [-0.39, 0.29) is 21.5 Å². The summed E-state index contributed by atoms with van der Waals surface area (Å²) < 4.78 is 52.2. The molecule has 0 spiro atoms. The highest BCUT2D eigenvalue weighted by Crippen LogP contribution is 2.34. The van der Waals surface area contributed by atoms with Crippen LogP contribution in [0.1, 0.15) is 5.56 Å². The van der Waals surface area contributed by atoms with Crippen LogP contribution in [0.2, 0.25) is 5.02 Å². The number of benzene rings is 2. The molecule has 0 atom stereocenters. The molecule has 0 radical (unpaired) electrons. The molecular formula is C14H9ClF4N2S. The number of anilines is 2. The normalized spacial score (nSPS) is 11.1. The summed E-state index contributed by atoms with van der Waals surface area (Å²) in [6, 6.07) is 8.69. The first kappa shape index (κ1) is 16.5. The van der Waals surface area contributed by atoms with Gasteiger partial charge in [-0.2, -0.15) is 13.2 Å². The molecule has 0 saturated carbocycles. The van der Waals surface area contributed by atoms with Crippen molar-refractivity contribution in [3.8, 4) is 0 Å². The summed E-state index contributed by atoms with van der Waals surface area (Å²) in [7, 11) is 0. The number of rotatable bonds is 2. The van der Waals surface area contributed by atoms with Crippen molar-refractivity contribution in [2.45, 2.75) is 6.18 Å². The minimum absolute atomic E-state index is 0.00592. The van der Waals surface area contributed by atoms with Gasteiger partial charge in [-0.1, -0.05) is 23.7 Å². The Bertz CT molecular complexity index is 703. The van der Waals surface area contributed by atoms with Gasteiger partial charge in [0, 0.05) is 5.02 Å². The lowest BCUT2D eigenvalue weighted by atomic mass is 10.1. The molecule has 2 aromatic carbocycles. The maximum atomic E-state index is 13.6. The number of hydrogen-bond donors (Lipinski definition) is 2. The van der Waals surface area contributed by atoms with Gasteiger partial charge >= 0.3 is 6.18 Å². The van der Waals surface area contributed by atoms with Gasteiger partial charge in [0.15, 0.2) is 5.11 Å². The smallest absolute Gasteiger partial charge is 0.332 e. The van der Waals surface area contributed by atoms with E-state index >= 15 is 0 Å². The van der Waals surface area contributed by atoms with E-state index in [2.05, 4.69) is 10.6 Å². The van der Waals surface area contributed by atoms with Crippen LogP contribution in [0.4, 0.5) is 28.9 Å². The zero-order valence-electron chi connectivity index (χ0n) is 10.8. The van der Waals surface area contributed by atoms with E-state index in [4.69, 9.17) is 23.8 Å². The molecule has 22 heavy (non-hydrogen) atoms. The highest BCUT2D eigenvalue weighted by atomic mass is 35.5. The summed E-state index contributed by atoms with van der Waals surface area (Å²) in [6.45, 7) is 0. The van der Waals surface area contributed by atoms with Gasteiger partial charge in [0.05, 0.1) is 16.9 Å². The van der Waals surface area contributed by atoms with Crippen LogP contribution in [0.25, 0.3) is 0 Å². The predicted octanol–water partition coefficient (Wildman–Crippen LogP) is 5.31. The van der Waals surface area contributed by atoms with E-state index < -0.39 is 17.6 Å². The van der Waals surface area contributed by atoms with Crippen molar-refractivity contribution in [2.75, 3.05) is 10.6 Å². The van der Waals surface area contributed by atoms with Crippen LogP contribution in [0.3, 0.4) is 0 Å². The quantitative estimate of drug-likeness (QED) is 0.568. The Morgan fingerprint density at radius 1 is 1.00 bits per heavy atom. The Kier molecular flexibility index (Phi) is 4.87. The Morgan fingerprint density at radius 3 is 2.27 bits per heavy atom. The Labute approximate surface area is 134 Å². The van der Waals surface area contributed by atoms with Crippen LogP contribution in [-0.2, 0) is 6.18 Å². The van der Waals surface area contributed by atoms with Gasteiger partial charge < -0.3 is 10.6 Å². The lowest BCUT2D eigenvalue weighted by Gasteiger charge is -2.16. The van der Waals surface area contributed by atoms with E-state index in [1.165, 1.54) is 30.3 Å². The summed E-state index contributed by atoms with van der Waals surface area (Å²) in [4.78, 5) is 0. The van der Waals surface area contributed by atoms with Crippen LogP contribution < -0.4 is 10.6 Å². The number of para-hydroxylation sites is 1. The fraction of sp³-hybridized carbons (Fsp3) is 0.0714. The first-order chi connectivity index (χ1) is 10.3. The molecule has 2 nitrogen and oxygen atoms in total. The van der Waals surface area contributed by atoms with Crippen molar-refractivity contribution in [3.63, 3.8) is 0 Å². The second-order valence-electron chi connectivity index (χ2n) is 4.25. The van der Waals surface area contributed by atoms with Crippen LogP contribution in [0, 0.1) is 5.82 Å². The average Bonchev–Trinajstić information content (AvgIpc) is 2.41. The van der Waals surface area contributed by atoms with E-state index in [0.717, 1.165) is 12.1 Å². The monoisotopic (exact) mass is 348 g/mol. The molecule has 2 rings (SSSR count). The van der Waals surface area contributed by atoms with Crippen molar-refractivity contribution >= 4 is 40.3 Å². The first-order valence-corrected chi connectivity index (χ1v) is 6.75. The molecule has 0 heterocycles. The van der Waals surface area contributed by atoms with Gasteiger partial charge in [0.2, 0.25) is 0 Å². The second-order valence-corrected chi connectivity index (χ2v) is 5.09. The molecular weight excluding hydrogens is 340 g/mol. The molecule has 0 bridgehead atoms. The third-order valence-electron chi connectivity index (χ3n) is 2.66. The molecule has 0 aliphatic heterocycles. The van der Waals surface area contributed by atoms with Crippen LogP contribution in [0.5, 0.6) is 0 Å². The summed E-state index contributed by atoms with van der Waals surface area (Å²) in [6.07, 6.45) is -4.52. The van der Waals surface area contributed by atoms with E-state index in [9.17, 15) is 17.6 Å². The second kappa shape index (κ2) is 6.50. The topological polar surface area (TPSA) is 24.1 Å². The third-order valence-corrected chi connectivity index (χ3v) is 3.10. The zero-order chi connectivity index (χ0) is 16.3. The third kappa shape index (κ3) is 4.08. The average molecular weight is 349 g/mol. The molecule has 116 valence electrons. The molecule has 0 fully saturated rings. The Balaban J connectivity index is 2.16. The Hall–Kier alpha value is -1.86. The van der Waals surface area contributed by atoms with Crippen molar-refractivity contribution in [3.05, 3.63) is 58.9 Å². The first-order valence-electron chi connectivity index (χ1n) is 5.96. The van der Waals surface area contributed by atoms with Gasteiger partial charge in [-0.25, -0.2) is 4.39 Å². The van der Waals surface area contributed by atoms with Gasteiger partial charge in [-0.05, 0) is 42.5 Å². The summed E-state index contributed by atoms with van der Waals surface area (Å²) in [5.41, 5.74) is -1.08. The summed E-state index contributed by atoms with van der Waals surface area (Å²) in [5.74, 6) is -0.666. The van der Waals surface area contributed by atoms with Crippen molar-refractivity contribution in [2.24, 2.45) is 0 Å². The number of alkyl halides is 3. The van der Waals surface area contributed by atoms with Crippen LogP contribution in [0.15, 0.2) is 42.5 Å². The maximum Gasteiger partial charge on any atom is 0.418 e. The van der Waals surface area contributed by atoms with E-state index in [0.29, 0.717) is 0 Å². The molecule has 0 aliphatic rings. The van der Waals surface area contributed by atoms with Crippen LogP contribution in [-0.4, -0.2) is 5.11 Å². The van der Waals surface area contributed by atoms with Crippen molar-refractivity contribution < 1.29 is 17.6 Å². The highest BCUT2D eigenvalue weighted by Gasteiger charge is 2.33. The number of halogens is 5. The molecule has 8 heteroatoms. The minimum Gasteiger partial charge on any atom is -0.332 e. The fourth-order valence-electron chi connectivity index (χ4n) is 1.71. The van der Waals surface area contributed by atoms with Crippen molar-refractivity contribution in [1.82, 2.24) is 0 Å². The Morgan fingerprint density at radius 2 is 1.64 bits per heavy atom. The molecule has 0 aliphatic carbocycles. The lowest BCUT2D eigenvalue weighted by molar-refractivity contribution is -0.136. The standard InChI is InChI=1S/C14H9ClF4N2S/c15-8-5-6-12(10(16)7-8)21-13(22)20-11-4-2-1-3-9(11)14(17,18)19/h1-7H,(H2,20,21,22). The molecule has 0 saturated heterocycles. The number of thiocarbonyl (C=S) groups is 1. The van der Waals surface area contributed by atoms with E-state index in [1.54, 1.807) is 0 Å². The molecule has 2 N–H and O–H groups in total. The van der Waals surface area contributed by atoms with Gasteiger partial charge in [-0.15, -0.1) is 0 Å². The molecule has 2 aromatic rings.